The van der Waals surface area contributed by atoms with Crippen LogP contribution in [-0.4, -0.2) is 67.2 Å². The highest BCUT2D eigenvalue weighted by molar-refractivity contribution is 7.89. The standard InChI is InChI=1S/C24H27ClN4O3S/c1-18(21-7-3-4-8-22(21)25)29(20-10-11-20)17-24(30)27-12-14-28(15-13-27)33(31,32)23-9-5-2-6-19(23)16-26/h2-9,18,20H,10-15,17H2,1H3. The molecule has 174 valence electrons. The number of nitrogens with zero attached hydrogens (tertiary/aromatic N) is 4. The molecule has 0 bridgehead atoms. The van der Waals surface area contributed by atoms with Gasteiger partial charge in [0, 0.05) is 43.3 Å². The fraction of sp³-hybridized carbons (Fsp3) is 0.417. The largest absolute Gasteiger partial charge is 0.339 e. The van der Waals surface area contributed by atoms with Crippen LogP contribution in [0, 0.1) is 11.3 Å². The summed E-state index contributed by atoms with van der Waals surface area (Å²) in [6.07, 6.45) is 2.12. The molecule has 1 amide bonds. The molecule has 2 aromatic rings. The Bertz CT molecular complexity index is 1170. The number of hydrogen-bond donors (Lipinski definition) is 0. The molecule has 1 unspecified atom stereocenters. The minimum atomic E-state index is -3.79. The molecule has 33 heavy (non-hydrogen) atoms. The third kappa shape index (κ3) is 5.07. The molecule has 0 aromatic heterocycles. The van der Waals surface area contributed by atoms with Crippen molar-refractivity contribution < 1.29 is 13.2 Å². The lowest BCUT2D eigenvalue weighted by molar-refractivity contribution is -0.134. The molecule has 7 nitrogen and oxygen atoms in total. The van der Waals surface area contributed by atoms with Gasteiger partial charge >= 0.3 is 0 Å². The van der Waals surface area contributed by atoms with Crippen molar-refractivity contribution in [3.63, 3.8) is 0 Å². The SMILES string of the molecule is CC(c1ccccc1Cl)N(CC(=O)N1CCN(S(=O)(=O)c2ccccc2C#N)CC1)C1CC1. The molecule has 2 fully saturated rings. The predicted octanol–water partition coefficient (Wildman–Crippen LogP) is 3.27. The molecular formula is C24H27ClN4O3S. The molecule has 2 aliphatic rings. The minimum Gasteiger partial charge on any atom is -0.339 e. The number of amides is 1. The van der Waals surface area contributed by atoms with Gasteiger partial charge in [0.25, 0.3) is 0 Å². The molecule has 1 aliphatic carbocycles. The van der Waals surface area contributed by atoms with Gasteiger partial charge in [-0.1, -0.05) is 41.9 Å². The molecule has 2 aromatic carbocycles. The quantitative estimate of drug-likeness (QED) is 0.599. The Morgan fingerprint density at radius 3 is 2.39 bits per heavy atom. The van der Waals surface area contributed by atoms with Crippen LogP contribution in [0.5, 0.6) is 0 Å². The van der Waals surface area contributed by atoms with Crippen LogP contribution in [0.4, 0.5) is 0 Å². The van der Waals surface area contributed by atoms with Gasteiger partial charge < -0.3 is 4.90 Å². The highest BCUT2D eigenvalue weighted by Crippen LogP contribution is 2.36. The Morgan fingerprint density at radius 2 is 1.76 bits per heavy atom. The number of benzene rings is 2. The summed E-state index contributed by atoms with van der Waals surface area (Å²) in [5, 5.41) is 9.97. The molecule has 1 aliphatic heterocycles. The first-order chi connectivity index (χ1) is 15.8. The van der Waals surface area contributed by atoms with Gasteiger partial charge in [-0.05, 0) is 43.5 Å². The van der Waals surface area contributed by atoms with Gasteiger partial charge in [-0.15, -0.1) is 0 Å². The van der Waals surface area contributed by atoms with Crippen molar-refractivity contribution in [3.05, 3.63) is 64.7 Å². The van der Waals surface area contributed by atoms with Gasteiger partial charge in [-0.25, -0.2) is 8.42 Å². The van der Waals surface area contributed by atoms with E-state index in [-0.39, 0.29) is 42.0 Å². The molecular weight excluding hydrogens is 460 g/mol. The Balaban J connectivity index is 1.41. The van der Waals surface area contributed by atoms with E-state index in [1.54, 1.807) is 17.0 Å². The first-order valence-corrected chi connectivity index (χ1v) is 12.9. The van der Waals surface area contributed by atoms with Crippen LogP contribution < -0.4 is 0 Å². The number of hydrogen-bond acceptors (Lipinski definition) is 5. The summed E-state index contributed by atoms with van der Waals surface area (Å²) < 4.78 is 27.5. The van der Waals surface area contributed by atoms with E-state index in [9.17, 15) is 18.5 Å². The van der Waals surface area contributed by atoms with Crippen molar-refractivity contribution >= 4 is 27.5 Å². The van der Waals surface area contributed by atoms with Gasteiger partial charge in [0.1, 0.15) is 6.07 Å². The number of nitriles is 1. The smallest absolute Gasteiger partial charge is 0.244 e. The van der Waals surface area contributed by atoms with Gasteiger partial charge in [0.15, 0.2) is 0 Å². The van der Waals surface area contributed by atoms with Gasteiger partial charge in [0.05, 0.1) is 17.0 Å². The summed E-state index contributed by atoms with van der Waals surface area (Å²) in [6.45, 7) is 3.41. The normalized spacial score (nSPS) is 18.2. The zero-order valence-corrected chi connectivity index (χ0v) is 20.1. The lowest BCUT2D eigenvalue weighted by Gasteiger charge is -2.36. The van der Waals surface area contributed by atoms with Crippen molar-refractivity contribution in [1.82, 2.24) is 14.1 Å². The predicted molar refractivity (Wildman–Crippen MR) is 126 cm³/mol. The lowest BCUT2D eigenvalue weighted by Crippen LogP contribution is -2.53. The van der Waals surface area contributed by atoms with Gasteiger partial charge in [-0.2, -0.15) is 9.57 Å². The monoisotopic (exact) mass is 486 g/mol. The van der Waals surface area contributed by atoms with E-state index < -0.39 is 10.0 Å². The zero-order chi connectivity index (χ0) is 23.6. The summed E-state index contributed by atoms with van der Waals surface area (Å²) >= 11 is 6.40. The molecule has 4 rings (SSSR count). The van der Waals surface area contributed by atoms with Crippen LogP contribution in [0.25, 0.3) is 0 Å². The van der Waals surface area contributed by atoms with E-state index in [0.29, 0.717) is 24.2 Å². The Morgan fingerprint density at radius 1 is 1.12 bits per heavy atom. The highest BCUT2D eigenvalue weighted by atomic mass is 35.5. The molecule has 0 N–H and O–H groups in total. The average molecular weight is 487 g/mol. The Hall–Kier alpha value is -2.44. The van der Waals surface area contributed by atoms with E-state index in [4.69, 9.17) is 11.6 Å². The summed E-state index contributed by atoms with van der Waals surface area (Å²) in [4.78, 5) is 17.1. The van der Waals surface area contributed by atoms with E-state index in [1.807, 2.05) is 30.3 Å². The fourth-order valence-electron chi connectivity index (χ4n) is 4.34. The van der Waals surface area contributed by atoms with Crippen molar-refractivity contribution in [1.29, 1.82) is 5.26 Å². The van der Waals surface area contributed by atoms with Gasteiger partial charge in [0.2, 0.25) is 15.9 Å². The van der Waals surface area contributed by atoms with Crippen molar-refractivity contribution in [3.8, 4) is 6.07 Å². The molecule has 9 heteroatoms. The van der Waals surface area contributed by atoms with Crippen LogP contribution in [0.2, 0.25) is 5.02 Å². The Labute approximate surface area is 200 Å². The minimum absolute atomic E-state index is 0.00437. The third-order valence-electron chi connectivity index (χ3n) is 6.40. The maximum atomic E-state index is 13.1. The molecule has 1 heterocycles. The number of rotatable bonds is 7. The number of sulfonamides is 1. The zero-order valence-electron chi connectivity index (χ0n) is 18.5. The summed E-state index contributed by atoms with van der Waals surface area (Å²) in [6, 6.07) is 16.2. The molecule has 1 atom stereocenters. The number of halogens is 1. The second kappa shape index (κ2) is 9.82. The molecule has 1 saturated heterocycles. The number of carbonyl (C=O) groups is 1. The summed E-state index contributed by atoms with van der Waals surface area (Å²) in [7, 11) is -3.79. The third-order valence-corrected chi connectivity index (χ3v) is 8.70. The first kappa shape index (κ1) is 23.7. The maximum absolute atomic E-state index is 13.1. The van der Waals surface area contributed by atoms with E-state index >= 15 is 0 Å². The van der Waals surface area contributed by atoms with Crippen molar-refractivity contribution in [2.24, 2.45) is 0 Å². The van der Waals surface area contributed by atoms with Gasteiger partial charge in [-0.3, -0.25) is 9.69 Å². The van der Waals surface area contributed by atoms with Crippen LogP contribution >= 0.6 is 11.6 Å². The lowest BCUT2D eigenvalue weighted by atomic mass is 10.1. The van der Waals surface area contributed by atoms with Crippen LogP contribution in [0.3, 0.4) is 0 Å². The van der Waals surface area contributed by atoms with Crippen LogP contribution in [-0.2, 0) is 14.8 Å². The van der Waals surface area contributed by atoms with E-state index in [0.717, 1.165) is 18.4 Å². The molecule has 1 saturated carbocycles. The van der Waals surface area contributed by atoms with E-state index in [1.165, 1.54) is 16.4 Å². The Kier molecular flexibility index (Phi) is 7.05. The van der Waals surface area contributed by atoms with Crippen LogP contribution in [0.1, 0.15) is 36.9 Å². The molecule has 0 radical (unpaired) electrons. The summed E-state index contributed by atoms with van der Waals surface area (Å²) in [5.74, 6) is -0.00437. The number of piperazine rings is 1. The highest BCUT2D eigenvalue weighted by Gasteiger charge is 2.37. The number of carbonyl (C=O) groups excluding carboxylic acids is 1. The van der Waals surface area contributed by atoms with Crippen LogP contribution in [0.15, 0.2) is 53.4 Å². The van der Waals surface area contributed by atoms with Crippen molar-refractivity contribution in [2.75, 3.05) is 32.7 Å². The topological polar surface area (TPSA) is 84.7 Å². The maximum Gasteiger partial charge on any atom is 0.244 e. The second-order valence-corrected chi connectivity index (χ2v) is 10.8. The fourth-order valence-corrected chi connectivity index (χ4v) is 6.20. The van der Waals surface area contributed by atoms with Crippen molar-refractivity contribution in [2.45, 2.75) is 36.7 Å². The first-order valence-electron chi connectivity index (χ1n) is 11.1. The second-order valence-electron chi connectivity index (χ2n) is 8.49. The van der Waals surface area contributed by atoms with E-state index in [2.05, 4.69) is 11.8 Å². The molecule has 0 spiro atoms. The average Bonchev–Trinajstić information content (AvgIpc) is 3.67. The summed E-state index contributed by atoms with van der Waals surface area (Å²) in [5.41, 5.74) is 1.13.